The van der Waals surface area contributed by atoms with E-state index in [4.69, 9.17) is 14.2 Å². The lowest BCUT2D eigenvalue weighted by Gasteiger charge is -2.18. The molecule has 6 heteroatoms. The highest BCUT2D eigenvalue weighted by Crippen LogP contribution is 2.17. The fourth-order valence-corrected chi connectivity index (χ4v) is 9.11. The minimum absolute atomic E-state index is 0.107. The quantitative estimate of drug-likeness (QED) is 0.0261. The first kappa shape index (κ1) is 71.6. The molecule has 0 bridgehead atoms. The Bertz CT molecular complexity index is 1430. The molecule has 0 aliphatic rings. The van der Waals surface area contributed by atoms with Crippen molar-refractivity contribution in [3.05, 3.63) is 85.1 Å². The zero-order chi connectivity index (χ0) is 54.3. The number of hydrogen-bond donors (Lipinski definition) is 0. The van der Waals surface area contributed by atoms with Crippen LogP contribution >= 0.6 is 0 Å². The molecule has 1 atom stereocenters. The molecule has 0 radical (unpaired) electrons. The van der Waals surface area contributed by atoms with E-state index in [0.717, 1.165) is 89.9 Å². The summed E-state index contributed by atoms with van der Waals surface area (Å²) >= 11 is 0. The van der Waals surface area contributed by atoms with E-state index in [1.807, 2.05) is 6.08 Å². The first-order valence-electron chi connectivity index (χ1n) is 32.1. The fraction of sp³-hybridized carbons (Fsp3) is 0.754. The van der Waals surface area contributed by atoms with Crippen LogP contribution in [0.15, 0.2) is 85.1 Å². The van der Waals surface area contributed by atoms with Gasteiger partial charge < -0.3 is 14.2 Å². The lowest BCUT2D eigenvalue weighted by atomic mass is 10.0. The van der Waals surface area contributed by atoms with Crippen LogP contribution in [0.2, 0.25) is 0 Å². The van der Waals surface area contributed by atoms with Gasteiger partial charge in [0.25, 0.3) is 0 Å². The van der Waals surface area contributed by atoms with E-state index in [1.54, 1.807) is 0 Å². The number of ether oxygens (including phenoxy) is 3. The Hall–Kier alpha value is -3.41. The molecule has 0 heterocycles. The number of allylic oxidation sites excluding steroid dienone is 14. The molecule has 0 saturated heterocycles. The van der Waals surface area contributed by atoms with E-state index >= 15 is 0 Å². The van der Waals surface area contributed by atoms with Crippen LogP contribution in [0, 0.1) is 0 Å². The number of unbranched alkanes of at least 4 members (excludes halogenated alkanes) is 33. The second-order valence-electron chi connectivity index (χ2n) is 21.3. The minimum Gasteiger partial charge on any atom is -0.462 e. The standard InChI is InChI=1S/C69H120O6/c1-4-7-10-13-16-19-22-25-27-29-31-32-33-34-35-36-37-39-40-42-44-47-50-53-56-59-62-68(71)74-65-66(64-73-67(70)61-58-55-52-49-46-24-21-18-15-12-9-6-3)75-69(72)63-60-57-54-51-48-45-43-41-38-30-28-26-23-20-17-14-11-8-5-2/h8,11,17-18,20-21,26,28,38,41,45,48,54,57,66H,4-7,9-10,12-16,19,22-25,27,29-37,39-40,42-44,46-47,49-53,55-56,58-65H2,1-3H3/b11-8-,20-17-,21-18-,28-26-,41-38-,48-45-,57-54-. The highest BCUT2D eigenvalue weighted by molar-refractivity contribution is 5.71. The molecule has 0 aromatic carbocycles. The molecule has 0 aliphatic carbocycles. The predicted molar refractivity (Wildman–Crippen MR) is 325 cm³/mol. The summed E-state index contributed by atoms with van der Waals surface area (Å²) in [7, 11) is 0. The zero-order valence-electron chi connectivity index (χ0n) is 49.6. The molecule has 0 spiro atoms. The van der Waals surface area contributed by atoms with Gasteiger partial charge in [0.15, 0.2) is 6.10 Å². The van der Waals surface area contributed by atoms with Crippen molar-refractivity contribution in [2.24, 2.45) is 0 Å². The molecule has 0 amide bonds. The van der Waals surface area contributed by atoms with Gasteiger partial charge in [-0.05, 0) is 83.5 Å². The van der Waals surface area contributed by atoms with Crippen LogP contribution in [-0.4, -0.2) is 37.2 Å². The van der Waals surface area contributed by atoms with Crippen LogP contribution in [0.4, 0.5) is 0 Å². The van der Waals surface area contributed by atoms with E-state index in [-0.39, 0.29) is 31.6 Å². The van der Waals surface area contributed by atoms with Gasteiger partial charge in [-0.25, -0.2) is 0 Å². The number of carbonyl (C=O) groups is 3. The first-order valence-corrected chi connectivity index (χ1v) is 32.1. The van der Waals surface area contributed by atoms with Crippen LogP contribution in [-0.2, 0) is 28.6 Å². The SMILES string of the molecule is CC/C=C\C/C=C\C/C=C\C/C=C\C/C=C\C/C=C\CCC(=O)OC(COC(=O)CCCCCCC/C=C\CCCCC)COC(=O)CCCCCCCCCCCCCCCCCCCCCCCCCCCC. The monoisotopic (exact) mass is 1040 g/mol. The smallest absolute Gasteiger partial charge is 0.306 e. The summed E-state index contributed by atoms with van der Waals surface area (Å²) in [6, 6.07) is 0. The molecule has 0 N–H and O–H groups in total. The maximum absolute atomic E-state index is 12.8. The summed E-state index contributed by atoms with van der Waals surface area (Å²) in [5.41, 5.74) is 0. The third-order valence-corrected chi connectivity index (χ3v) is 13.9. The summed E-state index contributed by atoms with van der Waals surface area (Å²) < 4.78 is 16.8. The molecular weight excluding hydrogens is 925 g/mol. The predicted octanol–water partition coefficient (Wildman–Crippen LogP) is 21.9. The highest BCUT2D eigenvalue weighted by Gasteiger charge is 2.19. The average molecular weight is 1050 g/mol. The summed E-state index contributed by atoms with van der Waals surface area (Å²) in [4.78, 5) is 38.2. The van der Waals surface area contributed by atoms with Gasteiger partial charge in [0.1, 0.15) is 13.2 Å². The number of rotatable bonds is 58. The second kappa shape index (κ2) is 63.1. The summed E-state index contributed by atoms with van der Waals surface area (Å²) in [5.74, 6) is -0.990. The largest absolute Gasteiger partial charge is 0.462 e. The third kappa shape index (κ3) is 61.3. The average Bonchev–Trinajstić information content (AvgIpc) is 3.41. The van der Waals surface area contributed by atoms with Gasteiger partial charge in [-0.2, -0.15) is 0 Å². The van der Waals surface area contributed by atoms with E-state index in [9.17, 15) is 14.4 Å². The van der Waals surface area contributed by atoms with Crippen molar-refractivity contribution in [2.45, 2.75) is 322 Å². The number of carbonyl (C=O) groups excluding carboxylic acids is 3. The van der Waals surface area contributed by atoms with Gasteiger partial charge in [0.2, 0.25) is 0 Å². The fourth-order valence-electron chi connectivity index (χ4n) is 9.11. The number of hydrogen-bond acceptors (Lipinski definition) is 6. The van der Waals surface area contributed by atoms with E-state index in [2.05, 4.69) is 99.8 Å². The molecular formula is C69H120O6. The van der Waals surface area contributed by atoms with Gasteiger partial charge in [-0.3, -0.25) is 14.4 Å². The van der Waals surface area contributed by atoms with Crippen molar-refractivity contribution >= 4 is 17.9 Å². The van der Waals surface area contributed by atoms with Crippen LogP contribution < -0.4 is 0 Å². The maximum atomic E-state index is 12.8. The van der Waals surface area contributed by atoms with Gasteiger partial charge in [0, 0.05) is 19.3 Å². The molecule has 75 heavy (non-hydrogen) atoms. The van der Waals surface area contributed by atoms with Crippen molar-refractivity contribution in [1.82, 2.24) is 0 Å². The lowest BCUT2D eigenvalue weighted by molar-refractivity contribution is -0.166. The number of esters is 3. The Morgan fingerprint density at radius 3 is 0.893 bits per heavy atom. The molecule has 6 nitrogen and oxygen atoms in total. The van der Waals surface area contributed by atoms with E-state index in [0.29, 0.717) is 19.3 Å². The van der Waals surface area contributed by atoms with E-state index in [1.165, 1.54) is 180 Å². The summed E-state index contributed by atoms with van der Waals surface area (Å²) in [5, 5.41) is 0. The highest BCUT2D eigenvalue weighted by atomic mass is 16.6. The van der Waals surface area contributed by atoms with Crippen molar-refractivity contribution in [3.63, 3.8) is 0 Å². The Morgan fingerprint density at radius 2 is 0.547 bits per heavy atom. The van der Waals surface area contributed by atoms with Gasteiger partial charge in [-0.15, -0.1) is 0 Å². The van der Waals surface area contributed by atoms with Crippen LogP contribution in [0.1, 0.15) is 316 Å². The second-order valence-corrected chi connectivity index (χ2v) is 21.3. The van der Waals surface area contributed by atoms with Crippen molar-refractivity contribution in [3.8, 4) is 0 Å². The van der Waals surface area contributed by atoms with Gasteiger partial charge >= 0.3 is 17.9 Å². The molecule has 0 fully saturated rings. The Kier molecular flexibility index (Phi) is 60.3. The van der Waals surface area contributed by atoms with Crippen LogP contribution in [0.25, 0.3) is 0 Å². The van der Waals surface area contributed by atoms with E-state index < -0.39 is 12.1 Å². The molecule has 0 saturated carbocycles. The van der Waals surface area contributed by atoms with Gasteiger partial charge in [0.05, 0.1) is 0 Å². The van der Waals surface area contributed by atoms with Crippen molar-refractivity contribution < 1.29 is 28.6 Å². The normalized spacial score (nSPS) is 12.6. The molecule has 0 rings (SSSR count). The molecule has 0 aliphatic heterocycles. The first-order chi connectivity index (χ1) is 37.0. The zero-order valence-corrected chi connectivity index (χ0v) is 49.6. The topological polar surface area (TPSA) is 78.9 Å². The summed E-state index contributed by atoms with van der Waals surface area (Å²) in [6.45, 7) is 6.47. The Labute approximate surface area is 465 Å². The Morgan fingerprint density at radius 1 is 0.280 bits per heavy atom. The molecule has 0 aromatic heterocycles. The van der Waals surface area contributed by atoms with Gasteiger partial charge in [-0.1, -0.05) is 298 Å². The van der Waals surface area contributed by atoms with Crippen LogP contribution in [0.5, 0.6) is 0 Å². The van der Waals surface area contributed by atoms with Crippen LogP contribution in [0.3, 0.4) is 0 Å². The molecule has 432 valence electrons. The maximum Gasteiger partial charge on any atom is 0.306 e. The minimum atomic E-state index is -0.820. The Balaban J connectivity index is 4.32. The molecule has 1 unspecified atom stereocenters. The summed E-state index contributed by atoms with van der Waals surface area (Å²) in [6.07, 6.45) is 83.3. The lowest BCUT2D eigenvalue weighted by Crippen LogP contribution is -2.30. The van der Waals surface area contributed by atoms with Crippen molar-refractivity contribution in [1.29, 1.82) is 0 Å². The molecule has 0 aromatic rings. The third-order valence-electron chi connectivity index (χ3n) is 13.9. The van der Waals surface area contributed by atoms with Crippen molar-refractivity contribution in [2.75, 3.05) is 13.2 Å².